The van der Waals surface area contributed by atoms with Gasteiger partial charge in [0.2, 0.25) is 10.0 Å². The van der Waals surface area contributed by atoms with Crippen molar-refractivity contribution in [3.05, 3.63) is 41.1 Å². The summed E-state index contributed by atoms with van der Waals surface area (Å²) in [5.74, 6) is 1.56. The number of aromatic nitrogens is 5. The minimum atomic E-state index is -3.58. The van der Waals surface area contributed by atoms with Gasteiger partial charge in [0, 0.05) is 44.9 Å². The van der Waals surface area contributed by atoms with Crippen molar-refractivity contribution in [2.24, 2.45) is 14.1 Å². The molecule has 0 N–H and O–H groups in total. The molecule has 8 nitrogen and oxygen atoms in total. The molecular weight excluding hydrogens is 420 g/mol. The smallest absolute Gasteiger partial charge is 0.243 e. The summed E-state index contributed by atoms with van der Waals surface area (Å²) in [6.07, 6.45) is 1.49. The van der Waals surface area contributed by atoms with E-state index in [9.17, 15) is 8.42 Å². The van der Waals surface area contributed by atoms with Gasteiger partial charge < -0.3 is 4.57 Å². The van der Waals surface area contributed by atoms with Crippen LogP contribution in [0.15, 0.2) is 34.3 Å². The van der Waals surface area contributed by atoms with Crippen LogP contribution >= 0.6 is 11.8 Å². The van der Waals surface area contributed by atoms with E-state index < -0.39 is 10.0 Å². The first-order valence-corrected chi connectivity index (χ1v) is 12.5. The molecule has 0 bridgehead atoms. The Labute approximate surface area is 181 Å². The van der Waals surface area contributed by atoms with E-state index >= 15 is 0 Å². The number of nitrogens with zero attached hydrogens (tertiary/aromatic N) is 6. The highest BCUT2D eigenvalue weighted by Crippen LogP contribution is 2.32. The molecule has 2 aromatic heterocycles. The van der Waals surface area contributed by atoms with E-state index in [2.05, 4.69) is 29.1 Å². The van der Waals surface area contributed by atoms with Gasteiger partial charge in [-0.15, -0.1) is 10.2 Å². The van der Waals surface area contributed by atoms with Crippen LogP contribution in [0.1, 0.15) is 30.7 Å². The van der Waals surface area contributed by atoms with Crippen molar-refractivity contribution in [3.63, 3.8) is 0 Å². The van der Waals surface area contributed by atoms with Gasteiger partial charge in [0.15, 0.2) is 11.0 Å². The Morgan fingerprint density at radius 2 is 1.83 bits per heavy atom. The molecule has 0 radical (unpaired) electrons. The fourth-order valence-electron chi connectivity index (χ4n) is 3.77. The number of fused-ring (bicyclic) bond motifs is 1. The van der Waals surface area contributed by atoms with Gasteiger partial charge in [0.1, 0.15) is 5.69 Å². The normalized spacial score (nSPS) is 14.8. The number of benzene rings is 1. The summed E-state index contributed by atoms with van der Waals surface area (Å²) in [5, 5.41) is 14.1. The van der Waals surface area contributed by atoms with E-state index in [1.54, 1.807) is 28.2 Å². The molecule has 0 atom stereocenters. The minimum absolute atomic E-state index is 0.277. The Kier molecular flexibility index (Phi) is 5.73. The summed E-state index contributed by atoms with van der Waals surface area (Å²) in [7, 11) is 0.231. The zero-order valence-electron chi connectivity index (χ0n) is 17.7. The maximum atomic E-state index is 13.3. The van der Waals surface area contributed by atoms with Crippen molar-refractivity contribution in [1.82, 2.24) is 28.9 Å². The molecule has 0 saturated carbocycles. The van der Waals surface area contributed by atoms with Crippen LogP contribution in [0.4, 0.5) is 0 Å². The Morgan fingerprint density at radius 1 is 1.10 bits per heavy atom. The van der Waals surface area contributed by atoms with Gasteiger partial charge in [0.25, 0.3) is 0 Å². The first-order chi connectivity index (χ1) is 14.4. The van der Waals surface area contributed by atoms with Gasteiger partial charge in [-0.25, -0.2) is 8.42 Å². The highest BCUT2D eigenvalue weighted by molar-refractivity contribution is 7.99. The lowest BCUT2D eigenvalue weighted by Gasteiger charge is -2.27. The molecule has 0 unspecified atom stereocenters. The van der Waals surface area contributed by atoms with Crippen LogP contribution in [-0.4, -0.2) is 49.6 Å². The molecule has 3 heterocycles. The van der Waals surface area contributed by atoms with Gasteiger partial charge in [-0.1, -0.05) is 37.7 Å². The second-order valence-corrected chi connectivity index (χ2v) is 10.5. The molecule has 0 fully saturated rings. The van der Waals surface area contributed by atoms with Gasteiger partial charge >= 0.3 is 0 Å². The van der Waals surface area contributed by atoms with E-state index in [1.807, 2.05) is 35.5 Å². The summed E-state index contributed by atoms with van der Waals surface area (Å²) < 4.78 is 31.8. The fraction of sp³-hybridized carbons (Fsp3) is 0.450. The molecule has 4 rings (SSSR count). The van der Waals surface area contributed by atoms with E-state index in [1.165, 1.54) is 0 Å². The van der Waals surface area contributed by atoms with Crippen molar-refractivity contribution in [3.8, 4) is 11.5 Å². The highest BCUT2D eigenvalue weighted by Gasteiger charge is 2.33. The molecule has 1 aliphatic rings. The molecule has 30 heavy (non-hydrogen) atoms. The van der Waals surface area contributed by atoms with Crippen LogP contribution in [0.25, 0.3) is 11.5 Å². The van der Waals surface area contributed by atoms with Crippen molar-refractivity contribution < 1.29 is 8.42 Å². The molecule has 160 valence electrons. The summed E-state index contributed by atoms with van der Waals surface area (Å²) >= 11 is 1.62. The van der Waals surface area contributed by atoms with Crippen LogP contribution < -0.4 is 0 Å². The number of hydrogen-bond acceptors (Lipinski definition) is 6. The molecule has 0 amide bonds. The Balaban J connectivity index is 1.70. The zero-order chi connectivity index (χ0) is 21.5. The van der Waals surface area contributed by atoms with E-state index in [0.717, 1.165) is 34.2 Å². The third-order valence-corrected chi connectivity index (χ3v) is 8.26. The highest BCUT2D eigenvalue weighted by atomic mass is 32.2. The first-order valence-electron chi connectivity index (χ1n) is 10.0. The van der Waals surface area contributed by atoms with Gasteiger partial charge in [-0.05, 0) is 29.9 Å². The molecule has 0 aliphatic carbocycles. The quantitative estimate of drug-likeness (QED) is 0.541. The van der Waals surface area contributed by atoms with Gasteiger partial charge in [0.05, 0.1) is 4.90 Å². The molecule has 0 spiro atoms. The van der Waals surface area contributed by atoms with E-state index in [0.29, 0.717) is 29.4 Å². The second-order valence-electron chi connectivity index (χ2n) is 7.28. The van der Waals surface area contributed by atoms with Crippen LogP contribution in [0.2, 0.25) is 0 Å². The van der Waals surface area contributed by atoms with Gasteiger partial charge in [-0.3, -0.25) is 4.68 Å². The van der Waals surface area contributed by atoms with Crippen LogP contribution in [0.3, 0.4) is 0 Å². The maximum absolute atomic E-state index is 13.3. The van der Waals surface area contributed by atoms with Crippen molar-refractivity contribution in [2.45, 2.75) is 43.3 Å². The molecule has 1 aromatic carbocycles. The minimum Gasteiger partial charge on any atom is -0.304 e. The summed E-state index contributed by atoms with van der Waals surface area (Å²) in [4.78, 5) is 0.328. The summed E-state index contributed by atoms with van der Waals surface area (Å²) in [5.41, 5.74) is 3.77. The molecule has 3 aromatic rings. The average molecular weight is 447 g/mol. The zero-order valence-corrected chi connectivity index (χ0v) is 19.3. The van der Waals surface area contributed by atoms with E-state index in [-0.39, 0.29) is 6.54 Å². The lowest BCUT2D eigenvalue weighted by Crippen LogP contribution is -2.36. The van der Waals surface area contributed by atoms with Crippen LogP contribution in [-0.2, 0) is 43.5 Å². The number of thioether (sulfide) groups is 1. The molecular formula is C20H26N6O2S2. The second kappa shape index (κ2) is 8.16. The average Bonchev–Trinajstić information content (AvgIpc) is 3.27. The Bertz CT molecular complexity index is 1160. The maximum Gasteiger partial charge on any atom is 0.243 e. The lowest BCUT2D eigenvalue weighted by molar-refractivity contribution is 0.386. The topological polar surface area (TPSA) is 85.9 Å². The standard InChI is InChI=1S/C20H26N6O2S2/c1-5-14-7-9-15(10-8-14)30(27,28)26-12-11-17-16(13-26)18(23-25(17)4)19-21-22-20(24(19)3)29-6-2/h7-10H,5-6,11-13H2,1-4H3. The molecule has 1 aliphatic heterocycles. The van der Waals surface area contributed by atoms with Crippen LogP contribution in [0, 0.1) is 0 Å². The third kappa shape index (κ3) is 3.57. The van der Waals surface area contributed by atoms with Crippen molar-refractivity contribution in [2.75, 3.05) is 12.3 Å². The summed E-state index contributed by atoms with van der Waals surface area (Å²) in [6, 6.07) is 7.16. The predicted molar refractivity (Wildman–Crippen MR) is 117 cm³/mol. The monoisotopic (exact) mass is 446 g/mol. The third-order valence-electron chi connectivity index (χ3n) is 5.50. The SMILES string of the molecule is CCSc1nnc(-c2nn(C)c3c2CN(S(=O)(=O)c2ccc(CC)cc2)CC3)n1C. The number of hydrogen-bond donors (Lipinski definition) is 0. The fourth-order valence-corrected chi connectivity index (χ4v) is 5.82. The van der Waals surface area contributed by atoms with Gasteiger partial charge in [-0.2, -0.15) is 9.40 Å². The first kappa shape index (κ1) is 21.1. The lowest BCUT2D eigenvalue weighted by atomic mass is 10.1. The number of sulfonamides is 1. The summed E-state index contributed by atoms with van der Waals surface area (Å²) in [6.45, 7) is 4.83. The number of rotatable bonds is 6. The Morgan fingerprint density at radius 3 is 2.50 bits per heavy atom. The predicted octanol–water partition coefficient (Wildman–Crippen LogP) is 2.64. The Hall–Kier alpha value is -2.17. The van der Waals surface area contributed by atoms with Crippen LogP contribution in [0.5, 0.6) is 0 Å². The molecule has 0 saturated heterocycles. The van der Waals surface area contributed by atoms with Crippen molar-refractivity contribution >= 4 is 21.8 Å². The largest absolute Gasteiger partial charge is 0.304 e. The number of aryl methyl sites for hydroxylation is 2. The van der Waals surface area contributed by atoms with E-state index in [4.69, 9.17) is 0 Å². The van der Waals surface area contributed by atoms with Crippen molar-refractivity contribution in [1.29, 1.82) is 0 Å². The molecule has 10 heteroatoms.